The van der Waals surface area contributed by atoms with Gasteiger partial charge in [-0.3, -0.25) is 4.79 Å². The van der Waals surface area contributed by atoms with Gasteiger partial charge in [0, 0.05) is 17.9 Å². The Morgan fingerprint density at radius 1 is 1.31 bits per heavy atom. The van der Waals surface area contributed by atoms with E-state index in [-0.39, 0.29) is 5.78 Å². The molecule has 16 heavy (non-hydrogen) atoms. The summed E-state index contributed by atoms with van der Waals surface area (Å²) in [5, 5.41) is 9.76. The molecule has 1 aromatic rings. The van der Waals surface area contributed by atoms with Crippen molar-refractivity contribution in [3.8, 4) is 0 Å². The number of carbonyl (C=O) groups is 1. The zero-order valence-corrected chi connectivity index (χ0v) is 10.4. The van der Waals surface area contributed by atoms with Crippen molar-refractivity contribution in [1.29, 1.82) is 0 Å². The van der Waals surface area contributed by atoms with Gasteiger partial charge in [0.1, 0.15) is 0 Å². The average Bonchev–Trinajstić information content (AvgIpc) is 2.25. The molecule has 0 bridgehead atoms. The van der Waals surface area contributed by atoms with Crippen LogP contribution in [0.4, 0.5) is 0 Å². The van der Waals surface area contributed by atoms with E-state index in [2.05, 4.69) is 0 Å². The third-order valence-electron chi connectivity index (χ3n) is 2.45. The molecule has 0 aliphatic rings. The molecule has 88 valence electrons. The van der Waals surface area contributed by atoms with Crippen LogP contribution in [0.3, 0.4) is 0 Å². The van der Waals surface area contributed by atoms with Gasteiger partial charge in [0.15, 0.2) is 5.78 Å². The lowest BCUT2D eigenvalue weighted by Gasteiger charge is -2.17. The predicted octanol–water partition coefficient (Wildman–Crippen LogP) is 3.12. The third kappa shape index (κ3) is 3.62. The van der Waals surface area contributed by atoms with E-state index in [9.17, 15) is 9.90 Å². The van der Waals surface area contributed by atoms with Gasteiger partial charge < -0.3 is 5.11 Å². The lowest BCUT2D eigenvalue weighted by molar-refractivity contribution is 0.0784. The van der Waals surface area contributed by atoms with Gasteiger partial charge >= 0.3 is 0 Å². The highest BCUT2D eigenvalue weighted by Gasteiger charge is 2.15. The fourth-order valence-corrected chi connectivity index (χ4v) is 1.57. The third-order valence-corrected chi connectivity index (χ3v) is 2.72. The lowest BCUT2D eigenvalue weighted by atomic mass is 9.96. The smallest absolute Gasteiger partial charge is 0.162 e. The van der Waals surface area contributed by atoms with Gasteiger partial charge in [0.25, 0.3) is 0 Å². The van der Waals surface area contributed by atoms with E-state index >= 15 is 0 Å². The van der Waals surface area contributed by atoms with E-state index in [0.717, 1.165) is 5.56 Å². The normalized spacial score (nSPS) is 11.5. The van der Waals surface area contributed by atoms with Crippen LogP contribution in [0.5, 0.6) is 0 Å². The molecule has 0 radical (unpaired) electrons. The molecule has 0 aromatic heterocycles. The van der Waals surface area contributed by atoms with Crippen LogP contribution in [0.25, 0.3) is 0 Å². The van der Waals surface area contributed by atoms with Crippen LogP contribution in [-0.4, -0.2) is 16.8 Å². The average molecular weight is 241 g/mol. The van der Waals surface area contributed by atoms with Crippen LogP contribution in [0.1, 0.15) is 42.6 Å². The first-order valence-corrected chi connectivity index (χ1v) is 5.90. The number of aliphatic hydroxyl groups is 1. The van der Waals surface area contributed by atoms with E-state index in [1.54, 1.807) is 38.1 Å². The van der Waals surface area contributed by atoms with Crippen molar-refractivity contribution in [1.82, 2.24) is 0 Å². The second-order valence-corrected chi connectivity index (χ2v) is 4.73. The van der Waals surface area contributed by atoms with E-state index in [0.29, 0.717) is 24.3 Å². The Balaban J connectivity index is 2.75. The van der Waals surface area contributed by atoms with Crippen molar-refractivity contribution >= 4 is 17.4 Å². The zero-order valence-electron chi connectivity index (χ0n) is 9.66. The molecule has 0 aliphatic carbocycles. The molecule has 0 fully saturated rings. The summed E-state index contributed by atoms with van der Waals surface area (Å²) in [7, 11) is 0. The number of Topliss-reactive ketones (excluding diaryl/α,β-unsaturated/α-hetero) is 1. The Hall–Kier alpha value is -0.860. The SMILES string of the molecule is CC(C)(O)c1ccc(C(=O)CCCCl)cc1. The molecular weight excluding hydrogens is 224 g/mol. The fourth-order valence-electron chi connectivity index (χ4n) is 1.44. The fraction of sp³-hybridized carbons (Fsp3) is 0.462. The second kappa shape index (κ2) is 5.46. The van der Waals surface area contributed by atoms with Crippen molar-refractivity contribution in [3.05, 3.63) is 35.4 Å². The number of ketones is 1. The molecule has 1 rings (SSSR count). The van der Waals surface area contributed by atoms with Crippen LogP contribution in [0, 0.1) is 0 Å². The quantitative estimate of drug-likeness (QED) is 0.634. The molecule has 2 nitrogen and oxygen atoms in total. The summed E-state index contributed by atoms with van der Waals surface area (Å²) in [5.74, 6) is 0.607. The molecule has 0 heterocycles. The van der Waals surface area contributed by atoms with Gasteiger partial charge in [-0.05, 0) is 25.8 Å². The molecule has 0 saturated carbocycles. The van der Waals surface area contributed by atoms with Gasteiger partial charge in [-0.15, -0.1) is 11.6 Å². The maximum absolute atomic E-state index is 11.6. The van der Waals surface area contributed by atoms with Gasteiger partial charge in [0.05, 0.1) is 5.60 Å². The highest BCUT2D eigenvalue weighted by molar-refractivity contribution is 6.18. The molecule has 0 amide bonds. The number of hydrogen-bond acceptors (Lipinski definition) is 2. The van der Waals surface area contributed by atoms with E-state index in [4.69, 9.17) is 11.6 Å². The molecule has 0 atom stereocenters. The van der Waals surface area contributed by atoms with Gasteiger partial charge in [-0.25, -0.2) is 0 Å². The summed E-state index contributed by atoms with van der Waals surface area (Å²) in [6, 6.07) is 7.08. The van der Waals surface area contributed by atoms with Gasteiger partial charge in [-0.1, -0.05) is 24.3 Å². The molecule has 0 saturated heterocycles. The molecule has 0 unspecified atom stereocenters. The summed E-state index contributed by atoms with van der Waals surface area (Å²) < 4.78 is 0. The molecule has 1 aromatic carbocycles. The van der Waals surface area contributed by atoms with Crippen molar-refractivity contribution in [2.75, 3.05) is 5.88 Å². The minimum Gasteiger partial charge on any atom is -0.386 e. The maximum atomic E-state index is 11.6. The number of halogens is 1. The highest BCUT2D eigenvalue weighted by atomic mass is 35.5. The van der Waals surface area contributed by atoms with E-state index < -0.39 is 5.60 Å². The summed E-state index contributed by atoms with van der Waals surface area (Å²) >= 11 is 5.53. The van der Waals surface area contributed by atoms with Crippen LogP contribution in [0.15, 0.2) is 24.3 Å². The van der Waals surface area contributed by atoms with E-state index in [1.165, 1.54) is 0 Å². The van der Waals surface area contributed by atoms with Crippen molar-refractivity contribution in [3.63, 3.8) is 0 Å². The molecule has 0 spiro atoms. The molecular formula is C13H17ClO2. The highest BCUT2D eigenvalue weighted by Crippen LogP contribution is 2.20. The monoisotopic (exact) mass is 240 g/mol. The minimum atomic E-state index is -0.863. The van der Waals surface area contributed by atoms with Crippen LogP contribution < -0.4 is 0 Å². The minimum absolute atomic E-state index is 0.0999. The predicted molar refractivity (Wildman–Crippen MR) is 66.0 cm³/mol. The largest absolute Gasteiger partial charge is 0.386 e. The molecule has 3 heteroatoms. The number of hydrogen-bond donors (Lipinski definition) is 1. The topological polar surface area (TPSA) is 37.3 Å². The van der Waals surface area contributed by atoms with Crippen LogP contribution in [-0.2, 0) is 5.60 Å². The van der Waals surface area contributed by atoms with Crippen molar-refractivity contribution in [2.45, 2.75) is 32.3 Å². The number of alkyl halides is 1. The summed E-state index contributed by atoms with van der Waals surface area (Å²) in [5.41, 5.74) is 0.622. The molecule has 1 N–H and O–H groups in total. The summed E-state index contributed by atoms with van der Waals surface area (Å²) in [4.78, 5) is 11.6. The second-order valence-electron chi connectivity index (χ2n) is 4.35. The Bertz CT molecular complexity index is 349. The zero-order chi connectivity index (χ0) is 12.2. The summed E-state index contributed by atoms with van der Waals surface area (Å²) in [6.07, 6.45) is 1.18. The Labute approximate surface area is 101 Å². The first-order valence-electron chi connectivity index (χ1n) is 5.37. The first kappa shape index (κ1) is 13.2. The molecule has 0 aliphatic heterocycles. The number of carbonyl (C=O) groups excluding carboxylic acids is 1. The Morgan fingerprint density at radius 2 is 1.88 bits per heavy atom. The number of benzene rings is 1. The Kier molecular flexibility index (Phi) is 4.51. The standard InChI is InChI=1S/C13H17ClO2/c1-13(2,16)11-7-5-10(6-8-11)12(15)4-3-9-14/h5-8,16H,3-4,9H2,1-2H3. The number of rotatable bonds is 5. The maximum Gasteiger partial charge on any atom is 0.162 e. The summed E-state index contributed by atoms with van der Waals surface area (Å²) in [6.45, 7) is 3.44. The van der Waals surface area contributed by atoms with Gasteiger partial charge in [0.2, 0.25) is 0 Å². The van der Waals surface area contributed by atoms with E-state index in [1.807, 2.05) is 0 Å². The van der Waals surface area contributed by atoms with Crippen molar-refractivity contribution in [2.24, 2.45) is 0 Å². The lowest BCUT2D eigenvalue weighted by Crippen LogP contribution is -2.15. The van der Waals surface area contributed by atoms with Crippen molar-refractivity contribution < 1.29 is 9.90 Å². The van der Waals surface area contributed by atoms with Gasteiger partial charge in [-0.2, -0.15) is 0 Å². The van der Waals surface area contributed by atoms with Crippen LogP contribution >= 0.6 is 11.6 Å². The van der Waals surface area contributed by atoms with Crippen LogP contribution in [0.2, 0.25) is 0 Å². The Morgan fingerprint density at radius 3 is 2.31 bits per heavy atom. The first-order chi connectivity index (χ1) is 7.45.